The van der Waals surface area contributed by atoms with Crippen molar-refractivity contribution in [3.63, 3.8) is 0 Å². The number of likely N-dealkylation sites (tertiary alicyclic amines) is 2. The second-order valence-electron chi connectivity index (χ2n) is 20.7. The lowest BCUT2D eigenvalue weighted by Crippen LogP contribution is -2.36. The second kappa shape index (κ2) is 24.3. The number of aliphatic hydroxyl groups is 3. The first-order valence-corrected chi connectivity index (χ1v) is 25.3. The van der Waals surface area contributed by atoms with Gasteiger partial charge in [0.05, 0.1) is 48.5 Å². The molecule has 2 saturated carbocycles. The molecule has 368 valence electrons. The fourth-order valence-corrected chi connectivity index (χ4v) is 10.4. The van der Waals surface area contributed by atoms with Gasteiger partial charge in [0.15, 0.2) is 0 Å². The lowest BCUT2D eigenvalue weighted by atomic mass is 9.78. The van der Waals surface area contributed by atoms with Crippen LogP contribution in [0.1, 0.15) is 130 Å². The highest BCUT2D eigenvalue weighted by Gasteiger charge is 2.33. The fourth-order valence-electron chi connectivity index (χ4n) is 10.4. The van der Waals surface area contributed by atoms with E-state index in [0.717, 1.165) is 133 Å². The lowest BCUT2D eigenvalue weighted by Gasteiger charge is -2.35. The Morgan fingerprint density at radius 3 is 1.40 bits per heavy atom. The minimum absolute atomic E-state index is 0.0360. The number of phenolic OH excluding ortho intramolecular Hbond substituents is 1. The van der Waals surface area contributed by atoms with Gasteiger partial charge < -0.3 is 34.6 Å². The third-order valence-electron chi connectivity index (χ3n) is 14.7. The van der Waals surface area contributed by atoms with Gasteiger partial charge in [-0.05, 0) is 226 Å². The monoisotopic (exact) mass is 925 g/mol. The summed E-state index contributed by atoms with van der Waals surface area (Å²) in [5.41, 5.74) is 1.41. The number of aromatic hydroxyl groups is 1. The second-order valence-corrected chi connectivity index (χ2v) is 20.7. The first-order valence-electron chi connectivity index (χ1n) is 25.3. The largest absolute Gasteiger partial charge is 0.508 e. The van der Waals surface area contributed by atoms with Crippen molar-refractivity contribution in [2.45, 2.75) is 155 Å². The van der Waals surface area contributed by atoms with Gasteiger partial charge in [-0.1, -0.05) is 36.4 Å². The Kier molecular flexibility index (Phi) is 18.9. The van der Waals surface area contributed by atoms with Crippen LogP contribution in [0.5, 0.6) is 11.5 Å². The van der Waals surface area contributed by atoms with Crippen LogP contribution < -0.4 is 4.74 Å². The van der Waals surface area contributed by atoms with Gasteiger partial charge in [-0.2, -0.15) is 0 Å². The molecule has 0 radical (unpaired) electrons. The Bertz CT molecular complexity index is 2170. The standard InChI is InChI=1S/C28H39NO4.C19H23NO3.C9H18O2/c1-4-32-27(30)21-13-15-29(16-14-21)19-20-5-6-23-18-26(10-7-22(23)17-20)33-25-11-8-24(9-12-25)28(2,3)31;1-2-23-19(22)15-7-9-20(10-8-15)13-14-3-4-17-12-18(21)6-5-16(17)11-14;1-9(2,11)7-3-5-8(10)6-4-7/h5-7,10,17-18,21,24-25,31H,4,8-9,11-16,19H2,1-3H3;3-6,11-12,15,21H,2,7-10,13H2,1H3;7-8,10-11H,3-6H2,1-2H3. The van der Waals surface area contributed by atoms with Crippen molar-refractivity contribution in [2.75, 3.05) is 39.4 Å². The normalized spacial score (nSPS) is 22.5. The molecule has 0 atom stereocenters. The van der Waals surface area contributed by atoms with Gasteiger partial charge in [0.2, 0.25) is 0 Å². The molecule has 11 heteroatoms. The van der Waals surface area contributed by atoms with Gasteiger partial charge in [0.1, 0.15) is 11.5 Å². The molecule has 2 heterocycles. The molecule has 0 aromatic heterocycles. The third kappa shape index (κ3) is 15.9. The molecule has 67 heavy (non-hydrogen) atoms. The summed E-state index contributed by atoms with van der Waals surface area (Å²) in [7, 11) is 0. The number of fused-ring (bicyclic) bond motifs is 2. The van der Waals surface area contributed by atoms with Crippen LogP contribution in [0.2, 0.25) is 0 Å². The van der Waals surface area contributed by atoms with E-state index in [1.54, 1.807) is 12.1 Å². The van der Waals surface area contributed by atoms with Crippen LogP contribution in [0.25, 0.3) is 21.5 Å². The minimum Gasteiger partial charge on any atom is -0.508 e. The molecule has 8 rings (SSSR count). The SMILES string of the molecule is CC(C)(O)C1CCC(O)CC1.CCOC(=O)C1CCN(Cc2ccc3cc(O)ccc3c2)CC1.CCOC(=O)C1CCN(Cc2ccc3cc(OC4CCC(C(C)(C)O)CC4)ccc3c2)CC1. The molecule has 2 aliphatic carbocycles. The van der Waals surface area contributed by atoms with E-state index in [-0.39, 0.29) is 36.0 Å². The lowest BCUT2D eigenvalue weighted by molar-refractivity contribution is -0.150. The maximum absolute atomic E-state index is 12.0. The van der Waals surface area contributed by atoms with Crippen LogP contribution in [0.4, 0.5) is 0 Å². The number of aliphatic hydroxyl groups excluding tert-OH is 1. The van der Waals surface area contributed by atoms with Crippen molar-refractivity contribution in [1.82, 2.24) is 9.80 Å². The molecular formula is C56H80N2O9. The number of esters is 2. The van der Waals surface area contributed by atoms with Gasteiger partial charge in [0, 0.05) is 13.1 Å². The predicted octanol–water partition coefficient (Wildman–Crippen LogP) is 9.95. The van der Waals surface area contributed by atoms with Crippen molar-refractivity contribution in [3.8, 4) is 11.5 Å². The average molecular weight is 925 g/mol. The van der Waals surface area contributed by atoms with E-state index in [4.69, 9.17) is 14.2 Å². The molecular weight excluding hydrogens is 845 g/mol. The molecule has 4 aromatic carbocycles. The van der Waals surface area contributed by atoms with E-state index < -0.39 is 11.2 Å². The number of hydrogen-bond acceptors (Lipinski definition) is 11. The van der Waals surface area contributed by atoms with E-state index in [1.165, 1.54) is 21.9 Å². The zero-order chi connectivity index (χ0) is 48.1. The van der Waals surface area contributed by atoms with Crippen LogP contribution >= 0.6 is 0 Å². The summed E-state index contributed by atoms with van der Waals surface area (Å²) < 4.78 is 16.6. The maximum Gasteiger partial charge on any atom is 0.309 e. The molecule has 4 fully saturated rings. The number of piperidine rings is 2. The van der Waals surface area contributed by atoms with Gasteiger partial charge in [-0.15, -0.1) is 0 Å². The molecule has 2 saturated heterocycles. The van der Waals surface area contributed by atoms with E-state index in [9.17, 15) is 30.0 Å². The number of nitrogens with zero attached hydrogens (tertiary/aromatic N) is 2. The number of rotatable bonds is 12. The molecule has 4 N–H and O–H groups in total. The van der Waals surface area contributed by atoms with E-state index in [1.807, 2.05) is 47.6 Å². The Balaban J connectivity index is 0.000000188. The quantitative estimate of drug-likeness (QED) is 0.101. The molecule has 11 nitrogen and oxygen atoms in total. The van der Waals surface area contributed by atoms with E-state index in [2.05, 4.69) is 64.4 Å². The summed E-state index contributed by atoms with van der Waals surface area (Å²) >= 11 is 0. The topological polar surface area (TPSA) is 149 Å². The fraction of sp³-hybridized carbons (Fsp3) is 0.607. The van der Waals surface area contributed by atoms with Gasteiger partial charge >= 0.3 is 11.9 Å². The van der Waals surface area contributed by atoms with Crippen LogP contribution in [0, 0.1) is 23.7 Å². The first-order chi connectivity index (χ1) is 32.0. The number of carbonyl (C=O) groups is 2. The number of phenols is 1. The van der Waals surface area contributed by atoms with Crippen molar-refractivity contribution >= 4 is 33.5 Å². The summed E-state index contributed by atoms with van der Waals surface area (Å²) in [6, 6.07) is 24.8. The Labute approximate surface area is 399 Å². The van der Waals surface area contributed by atoms with Crippen LogP contribution in [-0.2, 0) is 32.2 Å². The smallest absolute Gasteiger partial charge is 0.309 e. The Hall–Kier alpha value is -4.26. The van der Waals surface area contributed by atoms with Gasteiger partial charge in [-0.3, -0.25) is 19.4 Å². The summed E-state index contributed by atoms with van der Waals surface area (Å²) in [4.78, 5) is 28.5. The molecule has 4 aromatic rings. The molecule has 0 unspecified atom stereocenters. The maximum atomic E-state index is 12.0. The number of hydrogen-bond donors (Lipinski definition) is 4. The zero-order valence-electron chi connectivity index (χ0n) is 41.3. The van der Waals surface area contributed by atoms with Crippen molar-refractivity contribution in [3.05, 3.63) is 83.9 Å². The average Bonchev–Trinajstić information content (AvgIpc) is 3.30. The van der Waals surface area contributed by atoms with Crippen LogP contribution in [0.3, 0.4) is 0 Å². The number of carbonyl (C=O) groups excluding carboxylic acids is 2. The zero-order valence-corrected chi connectivity index (χ0v) is 41.3. The number of benzene rings is 4. The predicted molar refractivity (Wildman–Crippen MR) is 266 cm³/mol. The van der Waals surface area contributed by atoms with Crippen molar-refractivity contribution < 1.29 is 44.2 Å². The van der Waals surface area contributed by atoms with Crippen molar-refractivity contribution in [2.24, 2.45) is 23.7 Å². The molecule has 0 bridgehead atoms. The van der Waals surface area contributed by atoms with E-state index >= 15 is 0 Å². The van der Waals surface area contributed by atoms with Gasteiger partial charge in [-0.25, -0.2) is 0 Å². The Morgan fingerprint density at radius 1 is 0.552 bits per heavy atom. The Morgan fingerprint density at radius 2 is 0.955 bits per heavy atom. The van der Waals surface area contributed by atoms with Crippen LogP contribution in [0.15, 0.2) is 72.8 Å². The van der Waals surface area contributed by atoms with Crippen molar-refractivity contribution in [1.29, 1.82) is 0 Å². The summed E-state index contributed by atoms with van der Waals surface area (Å²) in [6.45, 7) is 17.7. The summed E-state index contributed by atoms with van der Waals surface area (Å²) in [6.07, 6.45) is 11.3. The number of ether oxygens (including phenoxy) is 3. The molecule has 2 aliphatic heterocycles. The summed E-state index contributed by atoms with van der Waals surface area (Å²) in [5.74, 6) is 2.01. The van der Waals surface area contributed by atoms with E-state index in [0.29, 0.717) is 30.8 Å². The highest BCUT2D eigenvalue weighted by atomic mass is 16.5. The molecule has 0 amide bonds. The van der Waals surface area contributed by atoms with Crippen LogP contribution in [-0.4, -0.2) is 105 Å². The molecule has 4 aliphatic rings. The highest BCUT2D eigenvalue weighted by Crippen LogP contribution is 2.35. The highest BCUT2D eigenvalue weighted by molar-refractivity contribution is 5.85. The molecule has 0 spiro atoms. The third-order valence-corrected chi connectivity index (χ3v) is 14.7. The van der Waals surface area contributed by atoms with Gasteiger partial charge in [0.25, 0.3) is 0 Å². The summed E-state index contributed by atoms with van der Waals surface area (Å²) in [5, 5.41) is 43.3. The first kappa shape index (κ1) is 52.1. The minimum atomic E-state index is -0.595.